The summed E-state index contributed by atoms with van der Waals surface area (Å²) in [5.41, 5.74) is 0. The van der Waals surface area contributed by atoms with E-state index in [1.165, 1.54) is 6.92 Å². The van der Waals surface area contributed by atoms with Gasteiger partial charge in [0.1, 0.15) is 0 Å². The molecule has 4 nitrogen and oxygen atoms in total. The van der Waals surface area contributed by atoms with E-state index in [0.717, 1.165) is 0 Å². The summed E-state index contributed by atoms with van der Waals surface area (Å²) in [6.45, 7) is 3.17. The first kappa shape index (κ1) is 13.1. The van der Waals surface area contributed by atoms with Gasteiger partial charge in [-0.15, -0.1) is 0 Å². The molecule has 13 heavy (non-hydrogen) atoms. The first-order valence-corrected chi connectivity index (χ1v) is 5.29. The van der Waals surface area contributed by atoms with Crippen molar-refractivity contribution in [3.63, 3.8) is 0 Å². The number of halogens is 1. The van der Waals surface area contributed by atoms with E-state index in [0.29, 0.717) is 26.2 Å². The van der Waals surface area contributed by atoms with Gasteiger partial charge in [-0.05, 0) is 22.6 Å². The molecule has 0 radical (unpaired) electrons. The molecule has 0 amide bonds. The van der Waals surface area contributed by atoms with Gasteiger partial charge in [0, 0.05) is 20.5 Å². The number of carbonyl (C=O) groups excluding carboxylic acids is 1. The van der Waals surface area contributed by atoms with Crippen LogP contribution in [0.2, 0.25) is 0 Å². The van der Waals surface area contributed by atoms with Crippen LogP contribution < -0.4 is 0 Å². The molecule has 0 N–H and O–H groups in total. The molecule has 5 heteroatoms. The van der Waals surface area contributed by atoms with Crippen LogP contribution >= 0.6 is 22.6 Å². The quantitative estimate of drug-likeness (QED) is 0.308. The molecule has 0 fully saturated rings. The van der Waals surface area contributed by atoms with Gasteiger partial charge in [-0.25, -0.2) is 0 Å². The van der Waals surface area contributed by atoms with Crippen molar-refractivity contribution in [3.8, 4) is 0 Å². The Hall–Kier alpha value is 0.120. The van der Waals surface area contributed by atoms with Crippen molar-refractivity contribution in [2.24, 2.45) is 0 Å². The number of alkyl halides is 1. The molecular formula is C8H15IO4. The second-order valence-electron chi connectivity index (χ2n) is 2.41. The highest BCUT2D eigenvalue weighted by Crippen LogP contribution is 2.07. The minimum absolute atomic E-state index is 0.0994. The molecule has 0 saturated heterocycles. The van der Waals surface area contributed by atoms with Crippen molar-refractivity contribution < 1.29 is 19.0 Å². The van der Waals surface area contributed by atoms with Gasteiger partial charge in [-0.3, -0.25) is 4.79 Å². The lowest BCUT2D eigenvalue weighted by molar-refractivity contribution is -0.142. The molecule has 0 saturated carbocycles. The predicted molar refractivity (Wildman–Crippen MR) is 56.9 cm³/mol. The SMILES string of the molecule is COCCOCCC(I)OC(C)=O. The van der Waals surface area contributed by atoms with Gasteiger partial charge >= 0.3 is 5.97 Å². The maximum atomic E-state index is 10.5. The second kappa shape index (κ2) is 8.71. The summed E-state index contributed by atoms with van der Waals surface area (Å²) in [7, 11) is 1.63. The molecule has 0 aliphatic heterocycles. The van der Waals surface area contributed by atoms with Gasteiger partial charge in [0.2, 0.25) is 0 Å². The molecule has 0 aromatic heterocycles. The van der Waals surface area contributed by atoms with Crippen LogP contribution in [0.5, 0.6) is 0 Å². The molecule has 1 unspecified atom stereocenters. The fraction of sp³-hybridized carbons (Fsp3) is 0.875. The number of ether oxygens (including phenoxy) is 3. The van der Waals surface area contributed by atoms with Crippen molar-refractivity contribution in [2.45, 2.75) is 17.5 Å². The van der Waals surface area contributed by atoms with E-state index in [-0.39, 0.29) is 10.1 Å². The zero-order valence-corrected chi connectivity index (χ0v) is 10.1. The highest BCUT2D eigenvalue weighted by Gasteiger charge is 2.05. The largest absolute Gasteiger partial charge is 0.452 e. The number of hydrogen-bond donors (Lipinski definition) is 0. The molecule has 0 aromatic rings. The Morgan fingerprint density at radius 2 is 2.08 bits per heavy atom. The molecule has 0 rings (SSSR count). The number of rotatable bonds is 7. The van der Waals surface area contributed by atoms with Crippen LogP contribution in [0.1, 0.15) is 13.3 Å². The summed E-state index contributed by atoms with van der Waals surface area (Å²) >= 11 is 2.06. The average Bonchev–Trinajstić information content (AvgIpc) is 2.02. The fourth-order valence-corrected chi connectivity index (χ4v) is 1.27. The average molecular weight is 302 g/mol. The maximum absolute atomic E-state index is 10.5. The highest BCUT2D eigenvalue weighted by molar-refractivity contribution is 14.1. The van der Waals surface area contributed by atoms with Gasteiger partial charge in [0.15, 0.2) is 4.11 Å². The second-order valence-corrected chi connectivity index (χ2v) is 3.80. The first-order chi connectivity index (χ1) is 6.16. The van der Waals surface area contributed by atoms with Crippen LogP contribution in [-0.2, 0) is 19.0 Å². The summed E-state index contributed by atoms with van der Waals surface area (Å²) in [6.07, 6.45) is 0.712. The number of carbonyl (C=O) groups is 1. The Bertz CT molecular complexity index is 140. The van der Waals surface area contributed by atoms with E-state index in [4.69, 9.17) is 14.2 Å². The number of esters is 1. The van der Waals surface area contributed by atoms with Gasteiger partial charge in [-0.1, -0.05) is 0 Å². The van der Waals surface area contributed by atoms with Crippen molar-refractivity contribution >= 4 is 28.6 Å². The molecule has 0 heterocycles. The van der Waals surface area contributed by atoms with Crippen molar-refractivity contribution in [3.05, 3.63) is 0 Å². The monoisotopic (exact) mass is 302 g/mol. The Balaban J connectivity index is 3.17. The van der Waals surface area contributed by atoms with E-state index >= 15 is 0 Å². The molecule has 0 aliphatic rings. The van der Waals surface area contributed by atoms with Crippen molar-refractivity contribution in [2.75, 3.05) is 26.9 Å². The van der Waals surface area contributed by atoms with Gasteiger partial charge in [-0.2, -0.15) is 0 Å². The molecule has 0 bridgehead atoms. The summed E-state index contributed by atoms with van der Waals surface area (Å²) in [5.74, 6) is -0.253. The Labute approximate surface area is 92.1 Å². The normalized spacial score (nSPS) is 12.5. The molecule has 0 aromatic carbocycles. The summed E-state index contributed by atoms with van der Waals surface area (Å²) in [6, 6.07) is 0. The van der Waals surface area contributed by atoms with Gasteiger partial charge < -0.3 is 14.2 Å². The number of methoxy groups -OCH3 is 1. The first-order valence-electron chi connectivity index (χ1n) is 4.04. The van der Waals surface area contributed by atoms with Gasteiger partial charge in [0.25, 0.3) is 0 Å². The zero-order chi connectivity index (χ0) is 10.1. The standard InChI is InChI=1S/C8H15IO4/c1-7(10)13-8(9)3-4-12-6-5-11-2/h8H,3-6H2,1-2H3. The third kappa shape index (κ3) is 10.0. The van der Waals surface area contributed by atoms with E-state index in [9.17, 15) is 4.79 Å². The molecule has 1 atom stereocenters. The van der Waals surface area contributed by atoms with Crippen LogP contribution in [0.15, 0.2) is 0 Å². The Kier molecular flexibility index (Phi) is 8.79. The summed E-state index contributed by atoms with van der Waals surface area (Å²) < 4.78 is 14.8. The minimum atomic E-state index is -0.253. The lowest BCUT2D eigenvalue weighted by Gasteiger charge is -2.09. The van der Waals surface area contributed by atoms with Crippen LogP contribution in [0.25, 0.3) is 0 Å². The zero-order valence-electron chi connectivity index (χ0n) is 7.92. The van der Waals surface area contributed by atoms with Crippen LogP contribution in [0.4, 0.5) is 0 Å². The fourth-order valence-electron chi connectivity index (χ4n) is 0.659. The van der Waals surface area contributed by atoms with Gasteiger partial charge in [0.05, 0.1) is 19.8 Å². The Morgan fingerprint density at radius 1 is 1.38 bits per heavy atom. The summed E-state index contributed by atoms with van der Waals surface area (Å²) in [5, 5.41) is 0. The predicted octanol–water partition coefficient (Wildman–Crippen LogP) is 1.36. The smallest absolute Gasteiger partial charge is 0.303 e. The lowest BCUT2D eigenvalue weighted by atomic mass is 10.5. The van der Waals surface area contributed by atoms with Crippen LogP contribution in [-0.4, -0.2) is 37.0 Å². The summed E-state index contributed by atoms with van der Waals surface area (Å²) in [4.78, 5) is 10.5. The molecule has 78 valence electrons. The third-order valence-corrected chi connectivity index (χ3v) is 2.09. The minimum Gasteiger partial charge on any atom is -0.452 e. The highest BCUT2D eigenvalue weighted by atomic mass is 127. The molecular weight excluding hydrogens is 287 g/mol. The van der Waals surface area contributed by atoms with Crippen LogP contribution in [0, 0.1) is 0 Å². The maximum Gasteiger partial charge on any atom is 0.303 e. The lowest BCUT2D eigenvalue weighted by Crippen LogP contribution is -2.12. The number of hydrogen-bond acceptors (Lipinski definition) is 4. The Morgan fingerprint density at radius 3 is 2.62 bits per heavy atom. The van der Waals surface area contributed by atoms with E-state index in [1.54, 1.807) is 7.11 Å². The third-order valence-electron chi connectivity index (χ3n) is 1.21. The van der Waals surface area contributed by atoms with Crippen molar-refractivity contribution in [1.82, 2.24) is 0 Å². The van der Waals surface area contributed by atoms with E-state index < -0.39 is 0 Å². The molecule has 0 aliphatic carbocycles. The topological polar surface area (TPSA) is 44.8 Å². The van der Waals surface area contributed by atoms with Crippen LogP contribution in [0.3, 0.4) is 0 Å². The molecule has 0 spiro atoms. The van der Waals surface area contributed by atoms with Crippen molar-refractivity contribution in [1.29, 1.82) is 0 Å². The van der Waals surface area contributed by atoms with E-state index in [1.807, 2.05) is 0 Å². The van der Waals surface area contributed by atoms with E-state index in [2.05, 4.69) is 22.6 Å².